The lowest BCUT2D eigenvalue weighted by Crippen LogP contribution is -2.24. The Hall–Kier alpha value is -1.52. The Bertz CT molecular complexity index is 572. The average Bonchev–Trinajstić information content (AvgIpc) is 2.44. The van der Waals surface area contributed by atoms with Gasteiger partial charge in [-0.3, -0.25) is 9.97 Å². The first kappa shape index (κ1) is 14.9. The van der Waals surface area contributed by atoms with Gasteiger partial charge >= 0.3 is 0 Å². The summed E-state index contributed by atoms with van der Waals surface area (Å²) in [6, 6.07) is 4.97. The number of aromatic nitrogens is 2. The molecule has 0 amide bonds. The standard InChI is InChI=1S/C15H17ClFN3/c1-3-18-13(14-9-19-10(2)8-20-14)7-11-5-4-6-12(16)15(11)17/h4-6,8-9,13,18H,3,7H2,1-2H3. The number of halogens is 2. The average molecular weight is 294 g/mol. The van der Waals surface area contributed by atoms with Gasteiger partial charge in [0.25, 0.3) is 0 Å². The highest BCUT2D eigenvalue weighted by atomic mass is 35.5. The van der Waals surface area contributed by atoms with Gasteiger partial charge in [-0.1, -0.05) is 30.7 Å². The molecule has 20 heavy (non-hydrogen) atoms. The third kappa shape index (κ3) is 3.52. The molecular formula is C15H17ClFN3. The Labute approximate surface area is 123 Å². The maximum absolute atomic E-state index is 14.0. The predicted molar refractivity (Wildman–Crippen MR) is 78.3 cm³/mol. The number of hydrogen-bond donors (Lipinski definition) is 1. The van der Waals surface area contributed by atoms with Crippen molar-refractivity contribution >= 4 is 11.6 Å². The summed E-state index contributed by atoms with van der Waals surface area (Å²) in [5.41, 5.74) is 2.24. The summed E-state index contributed by atoms with van der Waals surface area (Å²) in [6.07, 6.45) is 3.93. The minimum atomic E-state index is -0.364. The molecule has 0 saturated carbocycles. The van der Waals surface area contributed by atoms with E-state index in [2.05, 4.69) is 15.3 Å². The molecule has 2 aromatic rings. The van der Waals surface area contributed by atoms with E-state index < -0.39 is 0 Å². The molecular weight excluding hydrogens is 277 g/mol. The van der Waals surface area contributed by atoms with Crippen molar-refractivity contribution in [3.05, 3.63) is 58.4 Å². The second-order valence-corrected chi connectivity index (χ2v) is 5.02. The van der Waals surface area contributed by atoms with Crippen LogP contribution in [0.4, 0.5) is 4.39 Å². The van der Waals surface area contributed by atoms with Crippen LogP contribution in [0.2, 0.25) is 5.02 Å². The van der Waals surface area contributed by atoms with Crippen LogP contribution in [-0.4, -0.2) is 16.5 Å². The molecule has 0 aliphatic heterocycles. The first-order valence-electron chi connectivity index (χ1n) is 6.56. The maximum atomic E-state index is 14.0. The smallest absolute Gasteiger partial charge is 0.145 e. The first-order chi connectivity index (χ1) is 9.61. The summed E-state index contributed by atoms with van der Waals surface area (Å²) in [4.78, 5) is 8.61. The van der Waals surface area contributed by atoms with Gasteiger partial charge in [0.2, 0.25) is 0 Å². The van der Waals surface area contributed by atoms with Crippen LogP contribution in [0, 0.1) is 12.7 Å². The topological polar surface area (TPSA) is 37.8 Å². The number of hydrogen-bond acceptors (Lipinski definition) is 3. The zero-order valence-corrected chi connectivity index (χ0v) is 12.3. The Morgan fingerprint density at radius 2 is 2.10 bits per heavy atom. The van der Waals surface area contributed by atoms with Crippen molar-refractivity contribution < 1.29 is 4.39 Å². The highest BCUT2D eigenvalue weighted by Crippen LogP contribution is 2.23. The highest BCUT2D eigenvalue weighted by Gasteiger charge is 2.16. The minimum Gasteiger partial charge on any atom is -0.309 e. The molecule has 1 aromatic carbocycles. The lowest BCUT2D eigenvalue weighted by molar-refractivity contribution is 0.516. The van der Waals surface area contributed by atoms with E-state index in [1.807, 2.05) is 13.8 Å². The predicted octanol–water partition coefficient (Wildman–Crippen LogP) is 3.47. The second kappa shape index (κ2) is 6.77. The van der Waals surface area contributed by atoms with Crippen LogP contribution < -0.4 is 5.32 Å². The summed E-state index contributed by atoms with van der Waals surface area (Å²) >= 11 is 5.82. The summed E-state index contributed by atoms with van der Waals surface area (Å²) in [5, 5.41) is 3.45. The largest absolute Gasteiger partial charge is 0.309 e. The molecule has 1 atom stereocenters. The van der Waals surface area contributed by atoms with E-state index in [4.69, 9.17) is 11.6 Å². The quantitative estimate of drug-likeness (QED) is 0.917. The molecule has 5 heteroatoms. The Morgan fingerprint density at radius 3 is 2.75 bits per heavy atom. The van der Waals surface area contributed by atoms with Gasteiger partial charge in [-0.2, -0.15) is 0 Å². The Kier molecular flexibility index (Phi) is 5.04. The van der Waals surface area contributed by atoms with Crippen molar-refractivity contribution in [3.8, 4) is 0 Å². The van der Waals surface area contributed by atoms with E-state index >= 15 is 0 Å². The zero-order valence-electron chi connectivity index (χ0n) is 11.5. The van der Waals surface area contributed by atoms with Crippen molar-refractivity contribution in [3.63, 3.8) is 0 Å². The van der Waals surface area contributed by atoms with Gasteiger partial charge in [-0.05, 0) is 31.5 Å². The van der Waals surface area contributed by atoms with Gasteiger partial charge in [-0.25, -0.2) is 4.39 Å². The lowest BCUT2D eigenvalue weighted by Gasteiger charge is -2.18. The summed E-state index contributed by atoms with van der Waals surface area (Å²) in [7, 11) is 0. The third-order valence-electron chi connectivity index (χ3n) is 3.06. The number of likely N-dealkylation sites (N-methyl/N-ethyl adjacent to an activating group) is 1. The molecule has 1 N–H and O–H groups in total. The fourth-order valence-corrected chi connectivity index (χ4v) is 2.23. The molecule has 0 fully saturated rings. The Morgan fingerprint density at radius 1 is 1.30 bits per heavy atom. The number of aryl methyl sites for hydroxylation is 1. The molecule has 0 aliphatic carbocycles. The van der Waals surface area contributed by atoms with Crippen LogP contribution in [0.3, 0.4) is 0 Å². The van der Waals surface area contributed by atoms with Gasteiger partial charge in [-0.15, -0.1) is 0 Å². The third-order valence-corrected chi connectivity index (χ3v) is 3.36. The van der Waals surface area contributed by atoms with E-state index in [1.165, 1.54) is 0 Å². The van der Waals surface area contributed by atoms with Gasteiger partial charge in [0, 0.05) is 6.20 Å². The van der Waals surface area contributed by atoms with Crippen LogP contribution in [0.1, 0.15) is 29.9 Å². The molecule has 0 saturated heterocycles. The summed E-state index contributed by atoms with van der Waals surface area (Å²) in [5.74, 6) is -0.364. The van der Waals surface area contributed by atoms with Crippen LogP contribution >= 0.6 is 11.6 Å². The van der Waals surface area contributed by atoms with E-state index in [-0.39, 0.29) is 16.9 Å². The van der Waals surface area contributed by atoms with Gasteiger partial charge < -0.3 is 5.32 Å². The van der Waals surface area contributed by atoms with Gasteiger partial charge in [0.1, 0.15) is 5.82 Å². The molecule has 0 aliphatic rings. The number of nitrogens with one attached hydrogen (secondary N) is 1. The molecule has 1 unspecified atom stereocenters. The molecule has 2 rings (SSSR count). The van der Waals surface area contributed by atoms with Crippen molar-refractivity contribution in [2.24, 2.45) is 0 Å². The fraction of sp³-hybridized carbons (Fsp3) is 0.333. The van der Waals surface area contributed by atoms with Crippen LogP contribution in [-0.2, 0) is 6.42 Å². The van der Waals surface area contributed by atoms with E-state index in [0.29, 0.717) is 12.0 Å². The first-order valence-corrected chi connectivity index (χ1v) is 6.94. The molecule has 0 bridgehead atoms. The second-order valence-electron chi connectivity index (χ2n) is 4.61. The maximum Gasteiger partial charge on any atom is 0.145 e. The van der Waals surface area contributed by atoms with Crippen molar-refractivity contribution in [1.29, 1.82) is 0 Å². The molecule has 3 nitrogen and oxygen atoms in total. The van der Waals surface area contributed by atoms with Crippen molar-refractivity contribution in [2.45, 2.75) is 26.3 Å². The van der Waals surface area contributed by atoms with Crippen LogP contribution in [0.5, 0.6) is 0 Å². The SMILES string of the molecule is CCNC(Cc1cccc(Cl)c1F)c1cnc(C)cn1. The number of nitrogens with zero attached hydrogens (tertiary/aromatic N) is 2. The molecule has 106 valence electrons. The monoisotopic (exact) mass is 293 g/mol. The zero-order chi connectivity index (χ0) is 14.5. The van der Waals surface area contributed by atoms with E-state index in [9.17, 15) is 4.39 Å². The lowest BCUT2D eigenvalue weighted by atomic mass is 10.0. The Balaban J connectivity index is 2.25. The molecule has 0 radical (unpaired) electrons. The summed E-state index contributed by atoms with van der Waals surface area (Å²) in [6.45, 7) is 4.65. The van der Waals surface area contributed by atoms with Crippen LogP contribution in [0.15, 0.2) is 30.6 Å². The van der Waals surface area contributed by atoms with Crippen molar-refractivity contribution in [1.82, 2.24) is 15.3 Å². The van der Waals surface area contributed by atoms with Gasteiger partial charge in [0.15, 0.2) is 0 Å². The number of benzene rings is 1. The van der Waals surface area contributed by atoms with Crippen molar-refractivity contribution in [2.75, 3.05) is 6.54 Å². The highest BCUT2D eigenvalue weighted by molar-refractivity contribution is 6.30. The molecule has 1 heterocycles. The number of rotatable bonds is 5. The van der Waals surface area contributed by atoms with E-state index in [0.717, 1.165) is 17.9 Å². The van der Waals surface area contributed by atoms with Crippen LogP contribution in [0.25, 0.3) is 0 Å². The normalized spacial score (nSPS) is 12.4. The van der Waals surface area contributed by atoms with Gasteiger partial charge in [0.05, 0.1) is 28.6 Å². The molecule has 1 aromatic heterocycles. The fourth-order valence-electron chi connectivity index (χ4n) is 2.04. The van der Waals surface area contributed by atoms with E-state index in [1.54, 1.807) is 30.6 Å². The summed E-state index contributed by atoms with van der Waals surface area (Å²) < 4.78 is 14.0. The molecule has 0 spiro atoms. The minimum absolute atomic E-state index is 0.0823.